The van der Waals surface area contributed by atoms with E-state index in [0.717, 1.165) is 0 Å². The molecule has 0 atom stereocenters. The van der Waals surface area contributed by atoms with Crippen molar-refractivity contribution in [2.45, 2.75) is 0 Å². The highest BCUT2D eigenvalue weighted by molar-refractivity contribution is 7.92. The minimum Gasteiger partial charge on any atom is -0.0622 e. The zero-order valence-corrected chi connectivity index (χ0v) is 18.4. The van der Waals surface area contributed by atoms with Crippen molar-refractivity contribution in [1.82, 2.24) is 0 Å². The third-order valence-corrected chi connectivity index (χ3v) is 11.0. The third-order valence-electron chi connectivity index (χ3n) is 5.17. The Morgan fingerprint density at radius 1 is 0.517 bits per heavy atom. The summed E-state index contributed by atoms with van der Waals surface area (Å²) in [6, 6.07) is 43.7. The molecule has 0 aromatic heterocycles. The standard InChI is InChI=1S/C27H25P2/c1-29(26-18-10-4-11-19-26,27-20-12-5-13-21-27)23-22-28(24-14-6-2-7-15-24)25-16-8-3-9-17-25/h2-23H,1H3/q+1/b23-22-. The molecule has 4 aromatic rings. The van der Waals surface area contributed by atoms with Crippen molar-refractivity contribution in [3.05, 3.63) is 133 Å². The van der Waals surface area contributed by atoms with Crippen LogP contribution in [0.4, 0.5) is 0 Å². The molecule has 0 fully saturated rings. The molecule has 0 saturated heterocycles. The number of hydrogen-bond acceptors (Lipinski definition) is 0. The van der Waals surface area contributed by atoms with Crippen LogP contribution in [0, 0.1) is 0 Å². The fourth-order valence-corrected chi connectivity index (χ4v) is 8.95. The predicted octanol–water partition coefficient (Wildman–Crippen LogP) is 5.89. The first-order valence-electron chi connectivity index (χ1n) is 9.83. The van der Waals surface area contributed by atoms with Crippen LogP contribution >= 0.6 is 15.2 Å². The Bertz CT molecular complexity index is 964. The third kappa shape index (κ3) is 4.56. The number of rotatable bonds is 6. The lowest BCUT2D eigenvalue weighted by atomic mass is 10.4. The molecule has 0 aliphatic carbocycles. The summed E-state index contributed by atoms with van der Waals surface area (Å²) in [5, 5.41) is 5.60. The highest BCUT2D eigenvalue weighted by Gasteiger charge is 2.35. The molecule has 0 aliphatic heterocycles. The molecule has 4 rings (SSSR count). The molecule has 2 heteroatoms. The Labute approximate surface area is 176 Å². The molecule has 29 heavy (non-hydrogen) atoms. The number of benzene rings is 4. The molecule has 0 spiro atoms. The van der Waals surface area contributed by atoms with Gasteiger partial charge in [0, 0.05) is 0 Å². The summed E-state index contributed by atoms with van der Waals surface area (Å²) >= 11 is 0. The van der Waals surface area contributed by atoms with Crippen LogP contribution in [0.2, 0.25) is 0 Å². The van der Waals surface area contributed by atoms with E-state index in [1.807, 2.05) is 0 Å². The topological polar surface area (TPSA) is 0 Å². The summed E-state index contributed by atoms with van der Waals surface area (Å²) in [5.41, 5.74) is 0. The van der Waals surface area contributed by atoms with E-state index in [9.17, 15) is 0 Å². The van der Waals surface area contributed by atoms with Crippen molar-refractivity contribution in [3.63, 3.8) is 0 Å². The molecular weight excluding hydrogens is 386 g/mol. The van der Waals surface area contributed by atoms with Crippen LogP contribution < -0.4 is 21.2 Å². The van der Waals surface area contributed by atoms with Gasteiger partial charge in [0.15, 0.2) is 0 Å². The summed E-state index contributed by atoms with van der Waals surface area (Å²) in [7, 11) is -2.18. The van der Waals surface area contributed by atoms with Crippen LogP contribution in [0.1, 0.15) is 0 Å². The molecule has 4 aromatic carbocycles. The van der Waals surface area contributed by atoms with Crippen LogP contribution in [0.25, 0.3) is 0 Å². The number of hydrogen-bond donors (Lipinski definition) is 0. The van der Waals surface area contributed by atoms with Gasteiger partial charge in [0.2, 0.25) is 0 Å². The van der Waals surface area contributed by atoms with E-state index >= 15 is 0 Å². The van der Waals surface area contributed by atoms with E-state index in [1.54, 1.807) is 0 Å². The van der Waals surface area contributed by atoms with E-state index < -0.39 is 15.2 Å². The molecule has 0 heterocycles. The van der Waals surface area contributed by atoms with Gasteiger partial charge in [-0.05, 0) is 48.6 Å². The second-order valence-corrected chi connectivity index (χ2v) is 12.6. The van der Waals surface area contributed by atoms with Gasteiger partial charge in [-0.2, -0.15) is 0 Å². The summed E-state index contributed by atoms with van der Waals surface area (Å²) in [5.74, 6) is 5.00. The fraction of sp³-hybridized carbons (Fsp3) is 0.0370. The second-order valence-electron chi connectivity index (χ2n) is 7.09. The lowest BCUT2D eigenvalue weighted by Crippen LogP contribution is -2.19. The van der Waals surface area contributed by atoms with E-state index in [2.05, 4.69) is 140 Å². The maximum Gasteiger partial charge on any atom is 0.103 e. The molecule has 0 radical (unpaired) electrons. The molecule has 0 N–H and O–H groups in total. The van der Waals surface area contributed by atoms with E-state index in [-0.39, 0.29) is 0 Å². The van der Waals surface area contributed by atoms with Crippen molar-refractivity contribution < 1.29 is 0 Å². The van der Waals surface area contributed by atoms with Gasteiger partial charge in [0.25, 0.3) is 0 Å². The highest BCUT2D eigenvalue weighted by atomic mass is 31.2. The van der Waals surface area contributed by atoms with Crippen LogP contribution in [-0.2, 0) is 0 Å². The Morgan fingerprint density at radius 3 is 1.24 bits per heavy atom. The monoisotopic (exact) mass is 411 g/mol. The predicted molar refractivity (Wildman–Crippen MR) is 133 cm³/mol. The van der Waals surface area contributed by atoms with Crippen molar-refractivity contribution in [2.24, 2.45) is 0 Å². The van der Waals surface area contributed by atoms with Gasteiger partial charge in [-0.1, -0.05) is 97.1 Å². The maximum atomic E-state index is 2.52. The van der Waals surface area contributed by atoms with Gasteiger partial charge in [-0.25, -0.2) is 0 Å². The summed E-state index contributed by atoms with van der Waals surface area (Å²) in [6.45, 7) is 2.43. The van der Waals surface area contributed by atoms with E-state index in [0.29, 0.717) is 0 Å². The van der Waals surface area contributed by atoms with Crippen LogP contribution in [0.15, 0.2) is 133 Å². The van der Waals surface area contributed by atoms with Gasteiger partial charge >= 0.3 is 0 Å². The largest absolute Gasteiger partial charge is 0.103 e. The highest BCUT2D eigenvalue weighted by Crippen LogP contribution is 2.56. The summed E-state index contributed by atoms with van der Waals surface area (Å²) in [6.07, 6.45) is 0. The lowest BCUT2D eigenvalue weighted by Gasteiger charge is -2.21. The molecule has 0 bridgehead atoms. The average molecular weight is 411 g/mol. The van der Waals surface area contributed by atoms with Crippen LogP contribution in [-0.4, -0.2) is 6.66 Å². The van der Waals surface area contributed by atoms with Crippen LogP contribution in [0.5, 0.6) is 0 Å². The van der Waals surface area contributed by atoms with Crippen LogP contribution in [0.3, 0.4) is 0 Å². The van der Waals surface area contributed by atoms with Crippen molar-refractivity contribution in [2.75, 3.05) is 6.66 Å². The quantitative estimate of drug-likeness (QED) is 0.347. The maximum absolute atomic E-state index is 2.52. The Hall–Kier alpha value is -2.52. The van der Waals surface area contributed by atoms with Gasteiger partial charge in [-0.3, -0.25) is 0 Å². The van der Waals surface area contributed by atoms with Crippen molar-refractivity contribution in [3.8, 4) is 0 Å². The Kier molecular flexibility index (Phi) is 6.36. The average Bonchev–Trinajstić information content (AvgIpc) is 2.81. The smallest absolute Gasteiger partial charge is 0.0622 e. The van der Waals surface area contributed by atoms with E-state index in [4.69, 9.17) is 0 Å². The van der Waals surface area contributed by atoms with Gasteiger partial charge in [0.1, 0.15) is 17.9 Å². The zero-order valence-electron chi connectivity index (χ0n) is 16.6. The molecule has 0 amide bonds. The van der Waals surface area contributed by atoms with Crippen molar-refractivity contribution >= 4 is 36.4 Å². The normalized spacial score (nSPS) is 11.8. The summed E-state index contributed by atoms with van der Waals surface area (Å²) in [4.78, 5) is 0. The second kappa shape index (κ2) is 9.32. The van der Waals surface area contributed by atoms with Gasteiger partial charge < -0.3 is 0 Å². The Balaban J connectivity index is 1.81. The Morgan fingerprint density at radius 2 is 0.862 bits per heavy atom. The van der Waals surface area contributed by atoms with Crippen molar-refractivity contribution in [1.29, 1.82) is 0 Å². The fourth-order valence-electron chi connectivity index (χ4n) is 3.49. The molecule has 142 valence electrons. The first kappa shape index (κ1) is 19.8. The van der Waals surface area contributed by atoms with Gasteiger partial charge in [0.05, 0.1) is 12.5 Å². The lowest BCUT2D eigenvalue weighted by molar-refractivity contribution is 1.74. The minimum atomic E-state index is -1.63. The molecule has 0 unspecified atom stereocenters. The summed E-state index contributed by atoms with van der Waals surface area (Å²) < 4.78 is 0. The van der Waals surface area contributed by atoms with Gasteiger partial charge in [-0.15, -0.1) is 0 Å². The molecule has 0 saturated carbocycles. The first-order chi connectivity index (χ1) is 14.3. The minimum absolute atomic E-state index is 0.549. The SMILES string of the molecule is C[P+](/C=C\P(c1ccccc1)c1ccccc1)(c1ccccc1)c1ccccc1. The molecule has 0 aliphatic rings. The van der Waals surface area contributed by atoms with E-state index in [1.165, 1.54) is 21.2 Å². The zero-order chi connectivity index (χ0) is 19.9. The molecular formula is C27H25P2+. The first-order valence-corrected chi connectivity index (χ1v) is 13.6. The molecule has 0 nitrogen and oxygen atoms in total.